The lowest BCUT2D eigenvalue weighted by Gasteiger charge is -2.25. The highest BCUT2D eigenvalue weighted by Gasteiger charge is 2.24. The Morgan fingerprint density at radius 3 is 2.74 bits per heavy atom. The summed E-state index contributed by atoms with van der Waals surface area (Å²) < 4.78 is 13.8. The zero-order valence-corrected chi connectivity index (χ0v) is 15.7. The van der Waals surface area contributed by atoms with Gasteiger partial charge >= 0.3 is 0 Å². The van der Waals surface area contributed by atoms with E-state index in [-0.39, 0.29) is 29.8 Å². The van der Waals surface area contributed by atoms with Crippen molar-refractivity contribution >= 4 is 35.6 Å². The van der Waals surface area contributed by atoms with Gasteiger partial charge in [0.25, 0.3) is 0 Å². The summed E-state index contributed by atoms with van der Waals surface area (Å²) in [5.74, 6) is 1.63. The highest BCUT2D eigenvalue weighted by molar-refractivity contribution is 14.0. The molecule has 0 amide bonds. The molecule has 1 aliphatic heterocycles. The van der Waals surface area contributed by atoms with Crippen LogP contribution in [0.2, 0.25) is 0 Å². The molecule has 128 valence electrons. The first-order chi connectivity index (χ1) is 10.7. The quantitative estimate of drug-likeness (QED) is 0.428. The number of hydrogen-bond acceptors (Lipinski definition) is 2. The number of aliphatic imine (C=N–C) groups is 1. The van der Waals surface area contributed by atoms with Gasteiger partial charge in [0.05, 0.1) is 5.69 Å². The van der Waals surface area contributed by atoms with Crippen LogP contribution in [0.5, 0.6) is 0 Å². The summed E-state index contributed by atoms with van der Waals surface area (Å²) in [5, 5.41) is 3.21. The highest BCUT2D eigenvalue weighted by Crippen LogP contribution is 2.26. The lowest BCUT2D eigenvalue weighted by atomic mass is 9.85. The molecular formula is C17H26FIN4. The van der Waals surface area contributed by atoms with E-state index < -0.39 is 0 Å². The predicted octanol–water partition coefficient (Wildman–Crippen LogP) is 2.97. The molecule has 2 aliphatic rings. The molecule has 2 fully saturated rings. The maximum absolute atomic E-state index is 13.8. The number of anilines is 1. The Kier molecular flexibility index (Phi) is 6.92. The van der Waals surface area contributed by atoms with Gasteiger partial charge in [0.1, 0.15) is 5.82 Å². The number of rotatable bonds is 5. The van der Waals surface area contributed by atoms with Crippen molar-refractivity contribution < 1.29 is 4.39 Å². The van der Waals surface area contributed by atoms with Crippen LogP contribution in [0.3, 0.4) is 0 Å². The zero-order valence-electron chi connectivity index (χ0n) is 13.4. The van der Waals surface area contributed by atoms with Crippen LogP contribution < -0.4 is 16.0 Å². The van der Waals surface area contributed by atoms with Crippen LogP contribution in [0.15, 0.2) is 29.3 Å². The van der Waals surface area contributed by atoms with E-state index in [1.165, 1.54) is 25.3 Å². The minimum atomic E-state index is -0.145. The van der Waals surface area contributed by atoms with Crippen molar-refractivity contribution in [2.24, 2.45) is 22.6 Å². The Balaban J connectivity index is 0.00000192. The monoisotopic (exact) mass is 432 g/mol. The number of halogens is 2. The average molecular weight is 432 g/mol. The molecule has 23 heavy (non-hydrogen) atoms. The molecule has 1 atom stereocenters. The van der Waals surface area contributed by atoms with Gasteiger partial charge < -0.3 is 16.0 Å². The normalized spacial score (nSPS) is 21.7. The minimum absolute atomic E-state index is 0. The van der Waals surface area contributed by atoms with Gasteiger partial charge in [-0.05, 0) is 43.2 Å². The number of guanidine groups is 1. The van der Waals surface area contributed by atoms with Crippen molar-refractivity contribution in [3.8, 4) is 0 Å². The van der Waals surface area contributed by atoms with Crippen molar-refractivity contribution in [3.63, 3.8) is 0 Å². The van der Waals surface area contributed by atoms with Crippen molar-refractivity contribution in [2.75, 3.05) is 31.1 Å². The van der Waals surface area contributed by atoms with E-state index in [9.17, 15) is 4.39 Å². The largest absolute Gasteiger partial charge is 0.370 e. The number of nitrogens with one attached hydrogen (secondary N) is 1. The summed E-state index contributed by atoms with van der Waals surface area (Å²) in [5.41, 5.74) is 6.61. The third kappa shape index (κ3) is 4.96. The van der Waals surface area contributed by atoms with Crippen LogP contribution in [0.1, 0.15) is 25.7 Å². The molecule has 6 heteroatoms. The van der Waals surface area contributed by atoms with Gasteiger partial charge in [-0.25, -0.2) is 4.39 Å². The molecule has 1 aromatic carbocycles. The summed E-state index contributed by atoms with van der Waals surface area (Å²) in [6.45, 7) is 3.40. The van der Waals surface area contributed by atoms with Gasteiger partial charge in [0.15, 0.2) is 5.96 Å². The number of para-hydroxylation sites is 1. The number of benzene rings is 1. The van der Waals surface area contributed by atoms with Crippen molar-refractivity contribution in [2.45, 2.75) is 25.7 Å². The van der Waals surface area contributed by atoms with Gasteiger partial charge in [-0.1, -0.05) is 18.6 Å². The lowest BCUT2D eigenvalue weighted by Crippen LogP contribution is -2.37. The molecule has 0 radical (unpaired) electrons. The van der Waals surface area contributed by atoms with Crippen molar-refractivity contribution in [1.82, 2.24) is 5.32 Å². The van der Waals surface area contributed by atoms with Gasteiger partial charge in [0.2, 0.25) is 0 Å². The highest BCUT2D eigenvalue weighted by atomic mass is 127. The van der Waals surface area contributed by atoms with E-state index in [0.717, 1.165) is 32.0 Å². The van der Waals surface area contributed by atoms with Crippen molar-refractivity contribution in [1.29, 1.82) is 0 Å². The molecule has 4 nitrogen and oxygen atoms in total. The fourth-order valence-electron chi connectivity index (χ4n) is 3.14. The van der Waals surface area contributed by atoms with Crippen LogP contribution in [-0.2, 0) is 0 Å². The van der Waals surface area contributed by atoms with Crippen LogP contribution in [0, 0.1) is 17.7 Å². The van der Waals surface area contributed by atoms with E-state index in [4.69, 9.17) is 5.73 Å². The third-order valence-electron chi connectivity index (χ3n) is 4.80. The first-order valence-electron chi connectivity index (χ1n) is 8.25. The van der Waals surface area contributed by atoms with E-state index in [2.05, 4.69) is 15.2 Å². The summed E-state index contributed by atoms with van der Waals surface area (Å²) in [6.07, 6.45) is 4.99. The molecular weight excluding hydrogens is 406 g/mol. The molecule has 0 spiro atoms. The Bertz CT molecular complexity index is 533. The summed E-state index contributed by atoms with van der Waals surface area (Å²) >= 11 is 0. The Hall–Kier alpha value is -1.05. The Morgan fingerprint density at radius 2 is 2.04 bits per heavy atom. The van der Waals surface area contributed by atoms with E-state index >= 15 is 0 Å². The summed E-state index contributed by atoms with van der Waals surface area (Å²) in [4.78, 5) is 6.55. The minimum Gasteiger partial charge on any atom is -0.370 e. The van der Waals surface area contributed by atoms with Gasteiger partial charge in [-0.2, -0.15) is 0 Å². The maximum Gasteiger partial charge on any atom is 0.188 e. The third-order valence-corrected chi connectivity index (χ3v) is 4.80. The fourth-order valence-corrected chi connectivity index (χ4v) is 3.14. The number of nitrogens with two attached hydrogens (primary N) is 1. The summed E-state index contributed by atoms with van der Waals surface area (Å²) in [7, 11) is 0. The molecule has 0 bridgehead atoms. The van der Waals surface area contributed by atoms with Crippen LogP contribution in [0.4, 0.5) is 10.1 Å². The second-order valence-corrected chi connectivity index (χ2v) is 6.46. The first-order valence-corrected chi connectivity index (χ1v) is 8.25. The molecule has 1 saturated carbocycles. The van der Waals surface area contributed by atoms with Crippen LogP contribution in [0.25, 0.3) is 0 Å². The molecule has 3 rings (SSSR count). The Morgan fingerprint density at radius 1 is 1.26 bits per heavy atom. The number of nitrogens with zero attached hydrogens (tertiary/aromatic N) is 2. The molecule has 0 aromatic heterocycles. The molecule has 1 unspecified atom stereocenters. The topological polar surface area (TPSA) is 53.6 Å². The second-order valence-electron chi connectivity index (χ2n) is 6.46. The van der Waals surface area contributed by atoms with Gasteiger partial charge in [0, 0.05) is 26.2 Å². The van der Waals surface area contributed by atoms with E-state index in [1.807, 2.05) is 12.1 Å². The maximum atomic E-state index is 13.8. The SMILES string of the molecule is I.NC(=NCC1CCN(c2ccccc2F)C1)NCC1CCC1. The van der Waals surface area contributed by atoms with Gasteiger partial charge in [-0.3, -0.25) is 4.99 Å². The predicted molar refractivity (Wildman–Crippen MR) is 104 cm³/mol. The first kappa shape index (κ1) is 18.3. The fraction of sp³-hybridized carbons (Fsp3) is 0.588. The molecule has 3 N–H and O–H groups in total. The molecule has 1 aromatic rings. The second kappa shape index (κ2) is 8.70. The van der Waals surface area contributed by atoms with E-state index in [1.54, 1.807) is 6.07 Å². The molecule has 1 heterocycles. The van der Waals surface area contributed by atoms with Crippen molar-refractivity contribution in [3.05, 3.63) is 30.1 Å². The Labute approximate surface area is 154 Å². The average Bonchev–Trinajstić information content (AvgIpc) is 2.93. The zero-order chi connectivity index (χ0) is 15.4. The summed E-state index contributed by atoms with van der Waals surface area (Å²) in [6, 6.07) is 6.97. The van der Waals surface area contributed by atoms with E-state index in [0.29, 0.717) is 24.1 Å². The molecule has 1 saturated heterocycles. The standard InChI is InChI=1S/C17H25FN4.HI/c18-15-6-1-2-7-16(15)22-9-8-14(12-22)11-21-17(19)20-10-13-4-3-5-13;/h1-2,6-7,13-14H,3-5,8-12H2,(H3,19,20,21);1H. The van der Waals surface area contributed by atoms with Crippen LogP contribution >= 0.6 is 24.0 Å². The van der Waals surface area contributed by atoms with Crippen LogP contribution in [-0.4, -0.2) is 32.1 Å². The lowest BCUT2D eigenvalue weighted by molar-refractivity contribution is 0.315. The number of hydrogen-bond donors (Lipinski definition) is 2. The molecule has 1 aliphatic carbocycles. The van der Waals surface area contributed by atoms with Gasteiger partial charge in [-0.15, -0.1) is 24.0 Å². The smallest absolute Gasteiger partial charge is 0.188 e.